The van der Waals surface area contributed by atoms with Gasteiger partial charge in [-0.15, -0.1) is 0 Å². The van der Waals surface area contributed by atoms with Crippen molar-refractivity contribution < 1.29 is 0 Å². The predicted molar refractivity (Wildman–Crippen MR) is 65.9 cm³/mol. The maximum atomic E-state index is 2.65. The van der Waals surface area contributed by atoms with Crippen LogP contribution in [0.5, 0.6) is 0 Å². The van der Waals surface area contributed by atoms with E-state index in [9.17, 15) is 0 Å². The predicted octanol–water partition coefficient (Wildman–Crippen LogP) is 3.54. The highest BCUT2D eigenvalue weighted by atomic mass is 15.2. The zero-order valence-corrected chi connectivity index (χ0v) is 10.7. The van der Waals surface area contributed by atoms with Gasteiger partial charge in [0.25, 0.3) is 0 Å². The molecule has 2 fully saturated rings. The first-order valence-corrected chi connectivity index (χ1v) is 6.93. The second-order valence-corrected chi connectivity index (χ2v) is 6.09. The Hall–Kier alpha value is -0.0400. The van der Waals surface area contributed by atoms with Crippen molar-refractivity contribution in [1.82, 2.24) is 4.90 Å². The maximum absolute atomic E-state index is 2.65. The van der Waals surface area contributed by atoms with Crippen molar-refractivity contribution in [1.29, 1.82) is 0 Å². The number of hydrogen-bond acceptors (Lipinski definition) is 1. The molecule has 0 aromatic heterocycles. The van der Waals surface area contributed by atoms with Crippen LogP contribution in [0, 0.1) is 17.8 Å². The van der Waals surface area contributed by atoms with Crippen LogP contribution in [-0.4, -0.2) is 24.0 Å². The van der Waals surface area contributed by atoms with Gasteiger partial charge in [0.05, 0.1) is 0 Å². The molecule has 0 radical (unpaired) electrons. The lowest BCUT2D eigenvalue weighted by atomic mass is 9.70. The molecule has 1 aliphatic heterocycles. The Balaban J connectivity index is 1.65. The van der Waals surface area contributed by atoms with Crippen molar-refractivity contribution in [2.75, 3.05) is 13.1 Å². The van der Waals surface area contributed by atoms with Gasteiger partial charge < -0.3 is 4.90 Å². The summed E-state index contributed by atoms with van der Waals surface area (Å²) >= 11 is 0. The summed E-state index contributed by atoms with van der Waals surface area (Å²) in [6.45, 7) is 9.74. The molecule has 2 rings (SSSR count). The molecule has 0 aromatic rings. The molecule has 1 saturated carbocycles. The summed E-state index contributed by atoms with van der Waals surface area (Å²) in [5, 5.41) is 0. The monoisotopic (exact) mass is 209 g/mol. The van der Waals surface area contributed by atoms with Crippen LogP contribution >= 0.6 is 0 Å². The average molecular weight is 209 g/mol. The molecule has 1 unspecified atom stereocenters. The molecule has 1 aliphatic carbocycles. The molecule has 0 N–H and O–H groups in total. The Bertz CT molecular complexity index is 194. The van der Waals surface area contributed by atoms with Crippen LogP contribution in [0.3, 0.4) is 0 Å². The zero-order valence-electron chi connectivity index (χ0n) is 10.7. The van der Waals surface area contributed by atoms with Crippen molar-refractivity contribution in [3.8, 4) is 0 Å². The summed E-state index contributed by atoms with van der Waals surface area (Å²) in [6, 6.07) is 0.764. The number of hydrogen-bond donors (Lipinski definition) is 0. The second kappa shape index (κ2) is 4.86. The SMILES string of the molecule is CCC1CC(CC2CCN(C(C)C)C2)C1. The maximum Gasteiger partial charge on any atom is 0.00387 e. The van der Waals surface area contributed by atoms with Gasteiger partial charge in [0.1, 0.15) is 0 Å². The van der Waals surface area contributed by atoms with Crippen molar-refractivity contribution in [2.24, 2.45) is 17.8 Å². The van der Waals surface area contributed by atoms with E-state index in [1.165, 1.54) is 45.2 Å². The minimum atomic E-state index is 0.764. The van der Waals surface area contributed by atoms with Crippen LogP contribution in [0.1, 0.15) is 52.9 Å². The van der Waals surface area contributed by atoms with E-state index in [1.54, 1.807) is 0 Å². The van der Waals surface area contributed by atoms with Gasteiger partial charge in [0.2, 0.25) is 0 Å². The van der Waals surface area contributed by atoms with E-state index in [4.69, 9.17) is 0 Å². The highest BCUT2D eigenvalue weighted by Crippen LogP contribution is 2.41. The lowest BCUT2D eigenvalue weighted by molar-refractivity contribution is 0.152. The van der Waals surface area contributed by atoms with E-state index in [-0.39, 0.29) is 0 Å². The van der Waals surface area contributed by atoms with Gasteiger partial charge in [-0.25, -0.2) is 0 Å². The Morgan fingerprint density at radius 3 is 2.40 bits per heavy atom. The van der Waals surface area contributed by atoms with Crippen molar-refractivity contribution in [2.45, 2.75) is 58.9 Å². The molecule has 1 heterocycles. The standard InChI is InChI=1S/C14H27N/c1-4-12-7-14(8-12)9-13-5-6-15(10-13)11(2)3/h11-14H,4-10H2,1-3H3. The van der Waals surface area contributed by atoms with Crippen LogP contribution in [0.15, 0.2) is 0 Å². The van der Waals surface area contributed by atoms with Crippen LogP contribution in [0.25, 0.3) is 0 Å². The molecule has 1 atom stereocenters. The third kappa shape index (κ3) is 2.75. The normalized spacial score (nSPS) is 37.2. The van der Waals surface area contributed by atoms with Crippen molar-refractivity contribution in [3.05, 3.63) is 0 Å². The molecule has 1 heteroatoms. The third-order valence-corrected chi connectivity index (χ3v) is 4.62. The Kier molecular flexibility index (Phi) is 3.71. The zero-order chi connectivity index (χ0) is 10.8. The topological polar surface area (TPSA) is 3.24 Å². The van der Waals surface area contributed by atoms with Crippen molar-refractivity contribution in [3.63, 3.8) is 0 Å². The summed E-state index contributed by atoms with van der Waals surface area (Å²) in [5.41, 5.74) is 0. The number of nitrogens with zero attached hydrogens (tertiary/aromatic N) is 1. The Morgan fingerprint density at radius 1 is 1.13 bits per heavy atom. The van der Waals surface area contributed by atoms with Gasteiger partial charge in [0.15, 0.2) is 0 Å². The fourth-order valence-corrected chi connectivity index (χ4v) is 3.39. The van der Waals surface area contributed by atoms with Gasteiger partial charge in [0, 0.05) is 12.6 Å². The first-order chi connectivity index (χ1) is 7.19. The summed E-state index contributed by atoms with van der Waals surface area (Å²) in [4.78, 5) is 2.65. The van der Waals surface area contributed by atoms with E-state index >= 15 is 0 Å². The van der Waals surface area contributed by atoms with Crippen LogP contribution in [0.2, 0.25) is 0 Å². The number of rotatable bonds is 4. The fourth-order valence-electron chi connectivity index (χ4n) is 3.39. The van der Waals surface area contributed by atoms with Gasteiger partial charge >= 0.3 is 0 Å². The van der Waals surface area contributed by atoms with Gasteiger partial charge in [-0.3, -0.25) is 0 Å². The molecule has 1 saturated heterocycles. The minimum Gasteiger partial charge on any atom is -0.301 e. The molecule has 15 heavy (non-hydrogen) atoms. The lowest BCUT2D eigenvalue weighted by Gasteiger charge is -2.36. The molecular formula is C14H27N. The quantitative estimate of drug-likeness (QED) is 0.684. The van der Waals surface area contributed by atoms with Crippen LogP contribution < -0.4 is 0 Å². The summed E-state index contributed by atoms with van der Waals surface area (Å²) in [6.07, 6.45) is 7.48. The summed E-state index contributed by atoms with van der Waals surface area (Å²) < 4.78 is 0. The van der Waals surface area contributed by atoms with Gasteiger partial charge in [-0.05, 0) is 63.8 Å². The first-order valence-electron chi connectivity index (χ1n) is 6.93. The third-order valence-electron chi connectivity index (χ3n) is 4.62. The molecular weight excluding hydrogens is 182 g/mol. The highest BCUT2D eigenvalue weighted by molar-refractivity contribution is 4.85. The molecule has 0 bridgehead atoms. The lowest BCUT2D eigenvalue weighted by Crippen LogP contribution is -2.29. The molecule has 0 spiro atoms. The van der Waals surface area contributed by atoms with Crippen molar-refractivity contribution >= 4 is 0 Å². The molecule has 88 valence electrons. The summed E-state index contributed by atoms with van der Waals surface area (Å²) in [7, 11) is 0. The largest absolute Gasteiger partial charge is 0.301 e. The fraction of sp³-hybridized carbons (Fsp3) is 1.00. The average Bonchev–Trinajstić information content (AvgIpc) is 2.58. The molecule has 0 aromatic carbocycles. The highest BCUT2D eigenvalue weighted by Gasteiger charge is 2.32. The van der Waals surface area contributed by atoms with Gasteiger partial charge in [-0.1, -0.05) is 13.3 Å². The molecule has 0 amide bonds. The van der Waals surface area contributed by atoms with Crippen LogP contribution in [0.4, 0.5) is 0 Å². The van der Waals surface area contributed by atoms with E-state index < -0.39 is 0 Å². The molecule has 1 nitrogen and oxygen atoms in total. The first kappa shape index (κ1) is 11.4. The second-order valence-electron chi connectivity index (χ2n) is 6.09. The van der Waals surface area contributed by atoms with E-state index in [0.29, 0.717) is 0 Å². The Labute approximate surface area is 95.2 Å². The van der Waals surface area contributed by atoms with Crippen LogP contribution in [-0.2, 0) is 0 Å². The smallest absolute Gasteiger partial charge is 0.00387 e. The minimum absolute atomic E-state index is 0.764. The number of likely N-dealkylation sites (tertiary alicyclic amines) is 1. The Morgan fingerprint density at radius 2 is 1.87 bits per heavy atom. The van der Waals surface area contributed by atoms with E-state index in [0.717, 1.165) is 23.8 Å². The van der Waals surface area contributed by atoms with E-state index in [1.807, 2.05) is 0 Å². The van der Waals surface area contributed by atoms with E-state index in [2.05, 4.69) is 25.7 Å². The summed E-state index contributed by atoms with van der Waals surface area (Å²) in [5.74, 6) is 3.19. The molecule has 2 aliphatic rings. The van der Waals surface area contributed by atoms with Gasteiger partial charge in [-0.2, -0.15) is 0 Å².